The van der Waals surface area contributed by atoms with Gasteiger partial charge in [-0.3, -0.25) is 9.59 Å². The number of rotatable bonds is 3. The van der Waals surface area contributed by atoms with E-state index in [0.717, 1.165) is 5.69 Å². The number of amides is 1. The number of benzene rings is 1. The van der Waals surface area contributed by atoms with Crippen molar-refractivity contribution < 1.29 is 14.7 Å². The fraction of sp³-hybridized carbons (Fsp3) is 0.294. The summed E-state index contributed by atoms with van der Waals surface area (Å²) in [6.07, 6.45) is 4.96. The van der Waals surface area contributed by atoms with Crippen molar-refractivity contribution in [3.63, 3.8) is 0 Å². The molecule has 1 saturated heterocycles. The maximum absolute atomic E-state index is 12.4. The summed E-state index contributed by atoms with van der Waals surface area (Å²) in [6.45, 7) is 1.02. The van der Waals surface area contributed by atoms with Gasteiger partial charge in [0.15, 0.2) is 0 Å². The van der Waals surface area contributed by atoms with Crippen LogP contribution >= 0.6 is 0 Å². The molecule has 0 spiro atoms. The Morgan fingerprint density at radius 1 is 1.00 bits per heavy atom. The van der Waals surface area contributed by atoms with Crippen molar-refractivity contribution in [3.05, 3.63) is 54.4 Å². The molecule has 22 heavy (non-hydrogen) atoms. The molecule has 0 radical (unpaired) electrons. The third-order valence-electron chi connectivity index (χ3n) is 4.15. The van der Waals surface area contributed by atoms with Crippen molar-refractivity contribution in [3.8, 4) is 5.69 Å². The molecule has 1 aromatic heterocycles. The molecule has 1 aliphatic rings. The minimum Gasteiger partial charge on any atom is -0.481 e. The largest absolute Gasteiger partial charge is 0.481 e. The molecule has 1 N–H and O–H groups in total. The molecule has 114 valence electrons. The van der Waals surface area contributed by atoms with Crippen LogP contribution in [0.2, 0.25) is 0 Å². The zero-order chi connectivity index (χ0) is 15.5. The van der Waals surface area contributed by atoms with Gasteiger partial charge in [0.1, 0.15) is 0 Å². The molecule has 1 aliphatic heterocycles. The van der Waals surface area contributed by atoms with E-state index in [9.17, 15) is 9.59 Å². The van der Waals surface area contributed by atoms with Crippen molar-refractivity contribution in [1.82, 2.24) is 9.47 Å². The summed E-state index contributed by atoms with van der Waals surface area (Å²) in [7, 11) is 0. The van der Waals surface area contributed by atoms with Crippen LogP contribution in [0.1, 0.15) is 23.2 Å². The van der Waals surface area contributed by atoms with Gasteiger partial charge in [0, 0.05) is 36.7 Å². The van der Waals surface area contributed by atoms with E-state index in [1.165, 1.54) is 0 Å². The lowest BCUT2D eigenvalue weighted by molar-refractivity contribution is -0.143. The molecular weight excluding hydrogens is 280 g/mol. The molecule has 0 saturated carbocycles. The molecular formula is C17H18N2O3. The lowest BCUT2D eigenvalue weighted by atomic mass is 9.96. The highest BCUT2D eigenvalue weighted by Gasteiger charge is 2.27. The highest BCUT2D eigenvalue weighted by atomic mass is 16.4. The number of carboxylic acids is 1. The molecule has 3 rings (SSSR count). The average Bonchev–Trinajstić information content (AvgIpc) is 3.09. The molecule has 1 amide bonds. The van der Waals surface area contributed by atoms with E-state index in [-0.39, 0.29) is 11.8 Å². The fourth-order valence-electron chi connectivity index (χ4n) is 2.79. The number of aliphatic carboxylic acids is 1. The molecule has 0 atom stereocenters. The van der Waals surface area contributed by atoms with Crippen LogP contribution in [0, 0.1) is 5.92 Å². The Hall–Kier alpha value is -2.56. The second-order valence-electron chi connectivity index (χ2n) is 5.54. The number of carbonyl (C=O) groups is 2. The summed E-state index contributed by atoms with van der Waals surface area (Å²) in [4.78, 5) is 25.1. The van der Waals surface area contributed by atoms with Gasteiger partial charge in [-0.15, -0.1) is 0 Å². The number of carbonyl (C=O) groups excluding carboxylic acids is 1. The Morgan fingerprint density at radius 3 is 2.14 bits per heavy atom. The first-order valence-corrected chi connectivity index (χ1v) is 7.40. The molecule has 1 aromatic carbocycles. The van der Waals surface area contributed by atoms with Gasteiger partial charge in [-0.25, -0.2) is 0 Å². The number of piperidine rings is 1. The first-order chi connectivity index (χ1) is 10.6. The van der Waals surface area contributed by atoms with Gasteiger partial charge in [-0.2, -0.15) is 0 Å². The van der Waals surface area contributed by atoms with Gasteiger partial charge < -0.3 is 14.6 Å². The molecule has 5 nitrogen and oxygen atoms in total. The van der Waals surface area contributed by atoms with Crippen LogP contribution in [0.4, 0.5) is 0 Å². The smallest absolute Gasteiger partial charge is 0.306 e. The molecule has 2 heterocycles. The van der Waals surface area contributed by atoms with Crippen LogP contribution in [0.15, 0.2) is 48.8 Å². The quantitative estimate of drug-likeness (QED) is 0.946. The van der Waals surface area contributed by atoms with Crippen molar-refractivity contribution in [2.75, 3.05) is 13.1 Å². The molecule has 5 heteroatoms. The summed E-state index contributed by atoms with van der Waals surface area (Å²) in [5.74, 6) is -1.11. The Balaban J connectivity index is 1.67. The number of carboxylic acid groups (broad SMARTS) is 1. The summed E-state index contributed by atoms with van der Waals surface area (Å²) < 4.78 is 1.98. The highest BCUT2D eigenvalue weighted by molar-refractivity contribution is 5.94. The average molecular weight is 298 g/mol. The third kappa shape index (κ3) is 2.88. The van der Waals surface area contributed by atoms with Gasteiger partial charge in [-0.1, -0.05) is 0 Å². The maximum Gasteiger partial charge on any atom is 0.306 e. The Labute approximate surface area is 128 Å². The van der Waals surface area contributed by atoms with Crippen molar-refractivity contribution in [2.24, 2.45) is 5.92 Å². The summed E-state index contributed by atoms with van der Waals surface area (Å²) in [6, 6.07) is 11.4. The first kappa shape index (κ1) is 14.4. The summed E-state index contributed by atoms with van der Waals surface area (Å²) >= 11 is 0. The minimum atomic E-state index is -0.761. The van der Waals surface area contributed by atoms with Crippen LogP contribution in [-0.2, 0) is 4.79 Å². The Morgan fingerprint density at radius 2 is 1.59 bits per heavy atom. The van der Waals surface area contributed by atoms with Crippen LogP contribution in [0.25, 0.3) is 5.69 Å². The second kappa shape index (κ2) is 6.05. The van der Waals surface area contributed by atoms with Gasteiger partial charge in [-0.05, 0) is 49.2 Å². The number of hydrogen-bond donors (Lipinski definition) is 1. The van der Waals surface area contributed by atoms with E-state index in [1.807, 2.05) is 53.4 Å². The van der Waals surface area contributed by atoms with Crippen LogP contribution < -0.4 is 0 Å². The molecule has 0 aliphatic carbocycles. The lowest BCUT2D eigenvalue weighted by Crippen LogP contribution is -2.40. The standard InChI is InChI=1S/C17H18N2O3/c20-16(19-11-7-14(8-12-19)17(21)22)13-3-5-15(6-4-13)18-9-1-2-10-18/h1-6,9-10,14H,7-8,11-12H2,(H,21,22). The maximum atomic E-state index is 12.4. The van der Waals surface area contributed by atoms with Gasteiger partial charge in [0.25, 0.3) is 5.91 Å². The van der Waals surface area contributed by atoms with E-state index in [0.29, 0.717) is 31.5 Å². The van der Waals surface area contributed by atoms with Crippen LogP contribution in [0.3, 0.4) is 0 Å². The predicted molar refractivity (Wildman–Crippen MR) is 82.0 cm³/mol. The van der Waals surface area contributed by atoms with Crippen molar-refractivity contribution in [1.29, 1.82) is 0 Å². The number of aromatic nitrogens is 1. The van der Waals surface area contributed by atoms with E-state index in [4.69, 9.17) is 5.11 Å². The molecule has 2 aromatic rings. The SMILES string of the molecule is O=C(O)C1CCN(C(=O)c2ccc(-n3cccc3)cc2)CC1. The predicted octanol–water partition coefficient (Wildman–Crippen LogP) is 2.41. The zero-order valence-corrected chi connectivity index (χ0v) is 12.2. The molecule has 1 fully saturated rings. The third-order valence-corrected chi connectivity index (χ3v) is 4.15. The van der Waals surface area contributed by atoms with E-state index >= 15 is 0 Å². The number of hydrogen-bond acceptors (Lipinski definition) is 2. The van der Waals surface area contributed by atoms with E-state index in [1.54, 1.807) is 4.90 Å². The van der Waals surface area contributed by atoms with E-state index < -0.39 is 5.97 Å². The summed E-state index contributed by atoms with van der Waals surface area (Å²) in [5.41, 5.74) is 1.65. The van der Waals surface area contributed by atoms with Gasteiger partial charge in [0.2, 0.25) is 0 Å². The molecule has 0 unspecified atom stereocenters. The van der Waals surface area contributed by atoms with Crippen molar-refractivity contribution >= 4 is 11.9 Å². The number of nitrogens with zero attached hydrogens (tertiary/aromatic N) is 2. The van der Waals surface area contributed by atoms with Crippen LogP contribution in [0.5, 0.6) is 0 Å². The normalized spacial score (nSPS) is 15.7. The van der Waals surface area contributed by atoms with Gasteiger partial charge >= 0.3 is 5.97 Å². The monoisotopic (exact) mass is 298 g/mol. The van der Waals surface area contributed by atoms with Gasteiger partial charge in [0.05, 0.1) is 5.92 Å². The molecule has 0 bridgehead atoms. The highest BCUT2D eigenvalue weighted by Crippen LogP contribution is 2.20. The fourth-order valence-corrected chi connectivity index (χ4v) is 2.79. The lowest BCUT2D eigenvalue weighted by Gasteiger charge is -2.30. The zero-order valence-electron chi connectivity index (χ0n) is 12.2. The first-order valence-electron chi connectivity index (χ1n) is 7.40. The Bertz CT molecular complexity index is 654. The Kier molecular flexibility index (Phi) is 3.96. The van der Waals surface area contributed by atoms with Crippen molar-refractivity contribution in [2.45, 2.75) is 12.8 Å². The topological polar surface area (TPSA) is 62.5 Å². The second-order valence-corrected chi connectivity index (χ2v) is 5.54. The number of likely N-dealkylation sites (tertiary alicyclic amines) is 1. The van der Waals surface area contributed by atoms with Crippen LogP contribution in [-0.4, -0.2) is 39.5 Å². The minimum absolute atomic E-state index is 0.0251. The summed E-state index contributed by atoms with van der Waals surface area (Å²) in [5, 5.41) is 9.00. The van der Waals surface area contributed by atoms with E-state index in [2.05, 4.69) is 0 Å².